The number of nitrogens with zero attached hydrogens (tertiary/aromatic N) is 2. The van der Waals surface area contributed by atoms with Crippen molar-refractivity contribution in [1.29, 1.82) is 0 Å². The van der Waals surface area contributed by atoms with E-state index in [1.54, 1.807) is 0 Å². The van der Waals surface area contributed by atoms with Gasteiger partial charge in [-0.2, -0.15) is 0 Å². The average Bonchev–Trinajstić information content (AvgIpc) is 2.96. The van der Waals surface area contributed by atoms with Crippen LogP contribution in [0.15, 0.2) is 0 Å². The molecular formula is C17H29F2N3O2. The summed E-state index contributed by atoms with van der Waals surface area (Å²) in [5, 5.41) is 2.96. The third-order valence-electron chi connectivity index (χ3n) is 5.75. The number of morpholine rings is 1. The average molecular weight is 345 g/mol. The highest BCUT2D eigenvalue weighted by molar-refractivity contribution is 5.74. The van der Waals surface area contributed by atoms with Gasteiger partial charge in [0, 0.05) is 51.6 Å². The summed E-state index contributed by atoms with van der Waals surface area (Å²) in [6.07, 6.45) is 0.904. The van der Waals surface area contributed by atoms with Gasteiger partial charge >= 0.3 is 6.03 Å². The Labute approximate surface area is 142 Å². The van der Waals surface area contributed by atoms with Crippen molar-refractivity contribution in [3.63, 3.8) is 0 Å². The molecule has 2 heterocycles. The molecule has 0 aromatic carbocycles. The van der Waals surface area contributed by atoms with Crippen LogP contribution in [0.4, 0.5) is 13.6 Å². The summed E-state index contributed by atoms with van der Waals surface area (Å²) in [5.41, 5.74) is 0. The number of rotatable bonds is 3. The molecular weight excluding hydrogens is 316 g/mol. The van der Waals surface area contributed by atoms with Gasteiger partial charge in [-0.05, 0) is 24.7 Å². The van der Waals surface area contributed by atoms with Crippen LogP contribution < -0.4 is 5.32 Å². The lowest BCUT2D eigenvalue weighted by molar-refractivity contribution is -0.0452. The van der Waals surface area contributed by atoms with Crippen LogP contribution in [0, 0.1) is 11.8 Å². The van der Waals surface area contributed by atoms with E-state index < -0.39 is 5.92 Å². The molecule has 2 aliphatic heterocycles. The third kappa shape index (κ3) is 4.36. The largest absolute Gasteiger partial charge is 0.379 e. The maximum Gasteiger partial charge on any atom is 0.317 e. The molecule has 0 aromatic rings. The minimum atomic E-state index is -2.50. The Morgan fingerprint density at radius 3 is 2.54 bits per heavy atom. The van der Waals surface area contributed by atoms with Gasteiger partial charge in [0.1, 0.15) is 0 Å². The van der Waals surface area contributed by atoms with E-state index in [1.165, 1.54) is 0 Å². The zero-order valence-corrected chi connectivity index (χ0v) is 14.5. The quantitative estimate of drug-likeness (QED) is 0.853. The Kier molecular flexibility index (Phi) is 5.59. The summed E-state index contributed by atoms with van der Waals surface area (Å²) in [6.45, 7) is 7.61. The van der Waals surface area contributed by atoms with Gasteiger partial charge in [0.2, 0.25) is 5.92 Å². The standard InChI is InChI=1S/C17H29F2N3O2/c1-13-11-22(12-15(13)21-6-8-24-9-7-21)16(23)20-10-14-2-4-17(18,19)5-3-14/h13-15H,2-12H2,1H3,(H,20,23)/t13-,15-/m0/s1. The first-order valence-corrected chi connectivity index (χ1v) is 9.17. The summed E-state index contributed by atoms with van der Waals surface area (Å²) in [5.74, 6) is -1.87. The van der Waals surface area contributed by atoms with E-state index >= 15 is 0 Å². The number of carbonyl (C=O) groups excluding carboxylic acids is 1. The summed E-state index contributed by atoms with van der Waals surface area (Å²) in [6, 6.07) is 0.350. The smallest absolute Gasteiger partial charge is 0.317 e. The molecule has 3 fully saturated rings. The van der Waals surface area contributed by atoms with E-state index in [4.69, 9.17) is 4.74 Å². The molecule has 5 nitrogen and oxygen atoms in total. The summed E-state index contributed by atoms with van der Waals surface area (Å²) < 4.78 is 31.8. The summed E-state index contributed by atoms with van der Waals surface area (Å²) >= 11 is 0. The summed E-state index contributed by atoms with van der Waals surface area (Å²) in [7, 11) is 0. The van der Waals surface area contributed by atoms with Crippen molar-refractivity contribution in [2.45, 2.75) is 44.6 Å². The van der Waals surface area contributed by atoms with Crippen LogP contribution in [0.5, 0.6) is 0 Å². The number of amides is 2. The number of urea groups is 1. The fourth-order valence-corrected chi connectivity index (χ4v) is 4.15. The van der Waals surface area contributed by atoms with Gasteiger partial charge in [-0.15, -0.1) is 0 Å². The number of hydrogen-bond acceptors (Lipinski definition) is 3. The normalized spacial score (nSPS) is 32.0. The monoisotopic (exact) mass is 345 g/mol. The maximum absolute atomic E-state index is 13.2. The lowest BCUT2D eigenvalue weighted by Gasteiger charge is -2.34. The van der Waals surface area contributed by atoms with Crippen molar-refractivity contribution in [3.05, 3.63) is 0 Å². The highest BCUT2D eigenvalue weighted by Crippen LogP contribution is 2.35. The van der Waals surface area contributed by atoms with E-state index in [9.17, 15) is 13.6 Å². The van der Waals surface area contributed by atoms with Crippen LogP contribution in [-0.2, 0) is 4.74 Å². The van der Waals surface area contributed by atoms with Crippen molar-refractivity contribution < 1.29 is 18.3 Å². The Bertz CT molecular complexity index is 434. The molecule has 2 saturated heterocycles. The lowest BCUT2D eigenvalue weighted by Crippen LogP contribution is -2.48. The van der Waals surface area contributed by atoms with Crippen molar-refractivity contribution >= 4 is 6.03 Å². The molecule has 7 heteroatoms. The molecule has 1 N–H and O–H groups in total. The Balaban J connectivity index is 1.42. The van der Waals surface area contributed by atoms with E-state index in [-0.39, 0.29) is 24.8 Å². The number of halogens is 2. The SMILES string of the molecule is C[C@H]1CN(C(=O)NCC2CCC(F)(F)CC2)C[C@@H]1N1CCOCC1. The molecule has 1 aliphatic carbocycles. The second-order valence-corrected chi connectivity index (χ2v) is 7.58. The Hall–Kier alpha value is -0.950. The van der Waals surface area contributed by atoms with E-state index in [0.717, 1.165) is 39.4 Å². The third-order valence-corrected chi connectivity index (χ3v) is 5.75. The van der Waals surface area contributed by atoms with E-state index in [2.05, 4.69) is 17.1 Å². The molecule has 0 spiro atoms. The molecule has 2 atom stereocenters. The van der Waals surface area contributed by atoms with Crippen LogP contribution >= 0.6 is 0 Å². The number of alkyl halides is 2. The van der Waals surface area contributed by atoms with Gasteiger partial charge in [0.15, 0.2) is 0 Å². The minimum Gasteiger partial charge on any atom is -0.379 e. The van der Waals surface area contributed by atoms with Crippen molar-refractivity contribution in [3.8, 4) is 0 Å². The second kappa shape index (κ2) is 7.52. The van der Waals surface area contributed by atoms with Gasteiger partial charge in [-0.3, -0.25) is 4.90 Å². The van der Waals surface area contributed by atoms with Gasteiger partial charge in [0.25, 0.3) is 0 Å². The molecule has 0 radical (unpaired) electrons. The molecule has 0 bridgehead atoms. The molecule has 1 saturated carbocycles. The Morgan fingerprint density at radius 2 is 1.88 bits per heavy atom. The topological polar surface area (TPSA) is 44.8 Å². The Morgan fingerprint density at radius 1 is 1.21 bits per heavy atom. The summed E-state index contributed by atoms with van der Waals surface area (Å²) in [4.78, 5) is 16.7. The molecule has 3 rings (SSSR count). The van der Waals surface area contributed by atoms with Crippen LogP contribution in [0.2, 0.25) is 0 Å². The van der Waals surface area contributed by atoms with Gasteiger partial charge in [-0.1, -0.05) is 6.92 Å². The number of carbonyl (C=O) groups is 1. The fraction of sp³-hybridized carbons (Fsp3) is 0.941. The van der Waals surface area contributed by atoms with E-state index in [0.29, 0.717) is 31.3 Å². The van der Waals surface area contributed by atoms with Crippen molar-refractivity contribution in [1.82, 2.24) is 15.1 Å². The predicted molar refractivity (Wildman–Crippen MR) is 87.2 cm³/mol. The predicted octanol–water partition coefficient (Wildman–Crippen LogP) is 2.17. The first kappa shape index (κ1) is 17.9. The first-order chi connectivity index (χ1) is 11.4. The van der Waals surface area contributed by atoms with Crippen LogP contribution in [-0.4, -0.2) is 73.7 Å². The molecule has 0 aromatic heterocycles. The lowest BCUT2D eigenvalue weighted by atomic mass is 9.87. The highest BCUT2D eigenvalue weighted by atomic mass is 19.3. The fourth-order valence-electron chi connectivity index (χ4n) is 4.15. The number of hydrogen-bond donors (Lipinski definition) is 1. The highest BCUT2D eigenvalue weighted by Gasteiger charge is 2.38. The van der Waals surface area contributed by atoms with Gasteiger partial charge in [-0.25, -0.2) is 13.6 Å². The molecule has 24 heavy (non-hydrogen) atoms. The maximum atomic E-state index is 13.2. The number of likely N-dealkylation sites (tertiary alicyclic amines) is 1. The minimum absolute atomic E-state index is 0.0463. The number of nitrogens with one attached hydrogen (secondary N) is 1. The second-order valence-electron chi connectivity index (χ2n) is 7.58. The van der Waals surface area contributed by atoms with Crippen LogP contribution in [0.25, 0.3) is 0 Å². The van der Waals surface area contributed by atoms with E-state index in [1.807, 2.05) is 4.90 Å². The van der Waals surface area contributed by atoms with Crippen LogP contribution in [0.3, 0.4) is 0 Å². The molecule has 0 unspecified atom stereocenters. The number of ether oxygens (including phenoxy) is 1. The molecule has 3 aliphatic rings. The first-order valence-electron chi connectivity index (χ1n) is 9.17. The van der Waals surface area contributed by atoms with Crippen LogP contribution in [0.1, 0.15) is 32.6 Å². The molecule has 138 valence electrons. The zero-order valence-electron chi connectivity index (χ0n) is 14.5. The van der Waals surface area contributed by atoms with Crippen molar-refractivity contribution in [2.75, 3.05) is 45.9 Å². The van der Waals surface area contributed by atoms with Gasteiger partial charge in [0.05, 0.1) is 13.2 Å². The zero-order chi connectivity index (χ0) is 17.2. The van der Waals surface area contributed by atoms with Gasteiger partial charge < -0.3 is 15.0 Å². The van der Waals surface area contributed by atoms with Crippen molar-refractivity contribution in [2.24, 2.45) is 11.8 Å². The molecule has 2 amide bonds.